The van der Waals surface area contributed by atoms with E-state index in [1.165, 1.54) is 23.9 Å². The second-order valence-corrected chi connectivity index (χ2v) is 3.95. The molecular weight excluding hydrogens is 246 g/mol. The van der Waals surface area contributed by atoms with Crippen LogP contribution in [-0.4, -0.2) is 22.6 Å². The van der Waals surface area contributed by atoms with Crippen LogP contribution in [0.4, 0.5) is 0 Å². The molecule has 0 spiro atoms. The number of ether oxygens (including phenoxy) is 1. The Morgan fingerprint density at radius 1 is 1.58 bits per heavy atom. The number of aromatic nitrogens is 2. The molecule has 0 atom stereocenters. The first-order valence-corrected chi connectivity index (χ1v) is 5.54. The van der Waals surface area contributed by atoms with Crippen molar-refractivity contribution in [3.8, 4) is 6.07 Å². The largest absolute Gasteiger partial charge is 0.465 e. The summed E-state index contributed by atoms with van der Waals surface area (Å²) in [6.07, 6.45) is 1.51. The summed E-state index contributed by atoms with van der Waals surface area (Å²) < 4.78 is 5.91. The molecule has 0 aliphatic rings. The van der Waals surface area contributed by atoms with Gasteiger partial charge in [0, 0.05) is 6.20 Å². The zero-order chi connectivity index (χ0) is 14.0. The highest BCUT2D eigenvalue weighted by atomic mass is 16.5. The van der Waals surface area contributed by atoms with Crippen molar-refractivity contribution in [3.63, 3.8) is 0 Å². The predicted octanol–water partition coefficient (Wildman–Crippen LogP) is 1.02. The molecule has 6 heteroatoms. The smallest absolute Gasteiger partial charge is 0.339 e. The van der Waals surface area contributed by atoms with Gasteiger partial charge < -0.3 is 9.30 Å². The van der Waals surface area contributed by atoms with Crippen molar-refractivity contribution in [2.45, 2.75) is 13.5 Å². The number of nitrogens with zero attached hydrogens (tertiary/aromatic N) is 3. The highest BCUT2D eigenvalue weighted by Gasteiger charge is 2.14. The van der Waals surface area contributed by atoms with Gasteiger partial charge in [0.15, 0.2) is 0 Å². The van der Waals surface area contributed by atoms with Gasteiger partial charge in [0.1, 0.15) is 6.54 Å². The van der Waals surface area contributed by atoms with Crippen molar-refractivity contribution in [2.24, 2.45) is 0 Å². The van der Waals surface area contributed by atoms with Gasteiger partial charge >= 0.3 is 5.97 Å². The molecule has 0 radical (unpaired) electrons. The Kier molecular flexibility index (Phi) is 3.29. The summed E-state index contributed by atoms with van der Waals surface area (Å²) in [5.41, 5.74) is 0.889. The minimum Gasteiger partial charge on any atom is -0.465 e. The number of fused-ring (bicyclic) bond motifs is 1. The molecule has 19 heavy (non-hydrogen) atoms. The van der Waals surface area contributed by atoms with E-state index in [1.54, 1.807) is 13.0 Å². The highest BCUT2D eigenvalue weighted by Crippen LogP contribution is 2.14. The molecule has 2 aromatic rings. The summed E-state index contributed by atoms with van der Waals surface area (Å²) in [5, 5.41) is 8.94. The maximum Gasteiger partial charge on any atom is 0.339 e. The first-order valence-electron chi connectivity index (χ1n) is 5.54. The number of hydrogen-bond acceptors (Lipinski definition) is 5. The lowest BCUT2D eigenvalue weighted by Crippen LogP contribution is -2.20. The standard InChI is InChI=1S/C13H11N3O3/c1-8-9(13(18)19-2)7-10-11(15-8)3-5-16(6-4-14)12(10)17/h3,5,7H,6H2,1-2H3. The van der Waals surface area contributed by atoms with Crippen molar-refractivity contribution in [1.29, 1.82) is 5.26 Å². The molecule has 2 heterocycles. The second kappa shape index (κ2) is 4.90. The molecule has 0 aliphatic heterocycles. The monoisotopic (exact) mass is 257 g/mol. The molecule has 0 fully saturated rings. The van der Waals surface area contributed by atoms with Crippen molar-refractivity contribution >= 4 is 16.9 Å². The second-order valence-electron chi connectivity index (χ2n) is 3.95. The molecule has 0 unspecified atom stereocenters. The Labute approximate surface area is 108 Å². The van der Waals surface area contributed by atoms with Gasteiger partial charge in [0.05, 0.1) is 35.3 Å². The van der Waals surface area contributed by atoms with Crippen LogP contribution in [0.3, 0.4) is 0 Å². The zero-order valence-corrected chi connectivity index (χ0v) is 10.5. The highest BCUT2D eigenvalue weighted by molar-refractivity contribution is 5.94. The van der Waals surface area contributed by atoms with E-state index in [0.717, 1.165) is 0 Å². The molecule has 0 saturated heterocycles. The van der Waals surface area contributed by atoms with Gasteiger partial charge in [-0.15, -0.1) is 0 Å². The number of aryl methyl sites for hydroxylation is 1. The summed E-state index contributed by atoms with van der Waals surface area (Å²) in [5.74, 6) is -0.540. The van der Waals surface area contributed by atoms with Gasteiger partial charge in [-0.2, -0.15) is 5.26 Å². The maximum absolute atomic E-state index is 12.1. The Hall–Kier alpha value is -2.68. The van der Waals surface area contributed by atoms with E-state index < -0.39 is 5.97 Å². The number of methoxy groups -OCH3 is 1. The molecule has 0 bridgehead atoms. The fraction of sp³-hybridized carbons (Fsp3) is 0.231. The lowest BCUT2D eigenvalue weighted by atomic mass is 10.1. The van der Waals surface area contributed by atoms with E-state index in [4.69, 9.17) is 5.26 Å². The number of rotatable bonds is 2. The zero-order valence-electron chi connectivity index (χ0n) is 10.5. The summed E-state index contributed by atoms with van der Waals surface area (Å²) >= 11 is 0. The number of pyridine rings is 2. The van der Waals surface area contributed by atoms with E-state index in [-0.39, 0.29) is 17.7 Å². The van der Waals surface area contributed by atoms with E-state index in [1.807, 2.05) is 6.07 Å². The van der Waals surface area contributed by atoms with Crippen LogP contribution in [-0.2, 0) is 11.3 Å². The average Bonchev–Trinajstić information content (AvgIpc) is 2.41. The number of nitriles is 1. The van der Waals surface area contributed by atoms with Crippen LogP contribution in [0.25, 0.3) is 10.9 Å². The van der Waals surface area contributed by atoms with Crippen LogP contribution >= 0.6 is 0 Å². The van der Waals surface area contributed by atoms with Crippen LogP contribution < -0.4 is 5.56 Å². The van der Waals surface area contributed by atoms with Crippen LogP contribution in [0.2, 0.25) is 0 Å². The molecule has 2 rings (SSSR count). The van der Waals surface area contributed by atoms with Gasteiger partial charge in [0.25, 0.3) is 5.56 Å². The van der Waals surface area contributed by atoms with Gasteiger partial charge in [-0.05, 0) is 19.1 Å². The topological polar surface area (TPSA) is 85.0 Å². The predicted molar refractivity (Wildman–Crippen MR) is 67.7 cm³/mol. The van der Waals surface area contributed by atoms with Crippen molar-refractivity contribution in [3.05, 3.63) is 39.9 Å². The molecule has 0 saturated carbocycles. The van der Waals surface area contributed by atoms with Gasteiger partial charge in [0.2, 0.25) is 0 Å². The minimum atomic E-state index is -0.540. The first-order chi connectivity index (χ1) is 9.08. The van der Waals surface area contributed by atoms with Crippen LogP contribution in [0.5, 0.6) is 0 Å². The quantitative estimate of drug-likeness (QED) is 0.750. The van der Waals surface area contributed by atoms with E-state index >= 15 is 0 Å². The summed E-state index contributed by atoms with van der Waals surface area (Å²) in [7, 11) is 1.27. The number of hydrogen-bond donors (Lipinski definition) is 0. The third kappa shape index (κ3) is 2.18. The molecule has 0 aromatic carbocycles. The fourth-order valence-corrected chi connectivity index (χ4v) is 1.82. The number of esters is 1. The number of carbonyl (C=O) groups is 1. The Morgan fingerprint density at radius 2 is 2.32 bits per heavy atom. The Balaban J connectivity index is 2.75. The number of carbonyl (C=O) groups excluding carboxylic acids is 1. The molecule has 0 aliphatic carbocycles. The van der Waals surface area contributed by atoms with Gasteiger partial charge in [-0.3, -0.25) is 9.78 Å². The summed E-state index contributed by atoms with van der Waals surface area (Å²) in [6.45, 7) is 1.63. The lowest BCUT2D eigenvalue weighted by molar-refractivity contribution is 0.0599. The lowest BCUT2D eigenvalue weighted by Gasteiger charge is -2.07. The molecule has 6 nitrogen and oxygen atoms in total. The maximum atomic E-state index is 12.1. The SMILES string of the molecule is COC(=O)c1cc2c(=O)n(CC#N)ccc2nc1C. The van der Waals surface area contributed by atoms with E-state index in [0.29, 0.717) is 16.6 Å². The molecule has 0 N–H and O–H groups in total. The van der Waals surface area contributed by atoms with Crippen LogP contribution in [0.1, 0.15) is 16.1 Å². The average molecular weight is 257 g/mol. The summed E-state index contributed by atoms with van der Waals surface area (Å²) in [6, 6.07) is 5.00. The van der Waals surface area contributed by atoms with Gasteiger partial charge in [-0.25, -0.2) is 4.79 Å². The fourth-order valence-electron chi connectivity index (χ4n) is 1.82. The minimum absolute atomic E-state index is 0.0454. The Bertz CT molecular complexity index is 756. The van der Waals surface area contributed by atoms with Crippen LogP contribution in [0, 0.1) is 18.3 Å². The molecule has 2 aromatic heterocycles. The van der Waals surface area contributed by atoms with Crippen molar-refractivity contribution in [1.82, 2.24) is 9.55 Å². The van der Waals surface area contributed by atoms with E-state index in [2.05, 4.69) is 9.72 Å². The molecule has 0 amide bonds. The Morgan fingerprint density at radius 3 is 2.95 bits per heavy atom. The van der Waals surface area contributed by atoms with Crippen molar-refractivity contribution < 1.29 is 9.53 Å². The first kappa shape index (κ1) is 12.8. The summed E-state index contributed by atoms with van der Waals surface area (Å²) in [4.78, 5) is 27.9. The van der Waals surface area contributed by atoms with Crippen molar-refractivity contribution in [2.75, 3.05) is 7.11 Å². The van der Waals surface area contributed by atoms with E-state index in [9.17, 15) is 9.59 Å². The molecule has 96 valence electrons. The third-order valence-corrected chi connectivity index (χ3v) is 2.79. The third-order valence-electron chi connectivity index (χ3n) is 2.79. The van der Waals surface area contributed by atoms with Crippen LogP contribution in [0.15, 0.2) is 23.1 Å². The van der Waals surface area contributed by atoms with Gasteiger partial charge in [-0.1, -0.05) is 0 Å². The normalized spacial score (nSPS) is 10.2. The molecular formula is C13H11N3O3.